The maximum atomic E-state index is 12.7. The molecular weight excluding hydrogens is 302 g/mol. The molecule has 24 heavy (non-hydrogen) atoms. The van der Waals surface area contributed by atoms with Crippen LogP contribution in [0.4, 0.5) is 0 Å². The third kappa shape index (κ3) is 6.14. The second-order valence-electron chi connectivity index (χ2n) is 7.38. The summed E-state index contributed by atoms with van der Waals surface area (Å²) in [6, 6.07) is 10.1. The second-order valence-corrected chi connectivity index (χ2v) is 7.38. The van der Waals surface area contributed by atoms with Crippen molar-refractivity contribution in [2.45, 2.75) is 53.5 Å². The van der Waals surface area contributed by atoms with E-state index in [0.717, 1.165) is 18.5 Å². The Hall–Kier alpha value is -2.17. The third-order valence-electron chi connectivity index (χ3n) is 3.59. The molecule has 0 saturated carbocycles. The lowest BCUT2D eigenvalue weighted by molar-refractivity contribution is -0.133. The summed E-state index contributed by atoms with van der Waals surface area (Å²) in [6.07, 6.45) is 1.85. The summed E-state index contributed by atoms with van der Waals surface area (Å²) in [5.41, 5.74) is 1.22. The summed E-state index contributed by atoms with van der Waals surface area (Å²) in [5.74, 6) is 1.41. The highest BCUT2D eigenvalue weighted by molar-refractivity contribution is 5.76. The van der Waals surface area contributed by atoms with Crippen molar-refractivity contribution >= 4 is 5.91 Å². The number of nitrogens with zero attached hydrogens (tertiary/aromatic N) is 3. The van der Waals surface area contributed by atoms with Gasteiger partial charge in [0.1, 0.15) is 0 Å². The molecule has 0 aliphatic carbocycles. The number of carbonyl (C=O) groups excluding carboxylic acids is 1. The fourth-order valence-electron chi connectivity index (χ4n) is 2.60. The lowest BCUT2D eigenvalue weighted by Crippen LogP contribution is -2.37. The minimum atomic E-state index is 0.0635. The molecule has 0 aliphatic heterocycles. The van der Waals surface area contributed by atoms with Gasteiger partial charge in [0.15, 0.2) is 5.82 Å². The molecule has 1 amide bonds. The van der Waals surface area contributed by atoms with Crippen molar-refractivity contribution in [2.24, 2.45) is 5.41 Å². The fourth-order valence-corrected chi connectivity index (χ4v) is 2.60. The number of hydrogen-bond donors (Lipinski definition) is 0. The first kappa shape index (κ1) is 18.2. The minimum absolute atomic E-state index is 0.0635. The smallest absolute Gasteiger partial charge is 0.226 e. The van der Waals surface area contributed by atoms with E-state index in [1.807, 2.05) is 23.1 Å². The number of amides is 1. The molecule has 0 radical (unpaired) electrons. The summed E-state index contributed by atoms with van der Waals surface area (Å²) in [4.78, 5) is 18.8. The average molecular weight is 329 g/mol. The molecule has 5 nitrogen and oxygen atoms in total. The van der Waals surface area contributed by atoms with Gasteiger partial charge in [-0.15, -0.1) is 0 Å². The van der Waals surface area contributed by atoms with Gasteiger partial charge in [0.05, 0.1) is 0 Å². The number of rotatable bonds is 7. The van der Waals surface area contributed by atoms with Crippen molar-refractivity contribution in [3.05, 3.63) is 47.6 Å². The first-order valence-electron chi connectivity index (χ1n) is 8.44. The first-order chi connectivity index (χ1) is 11.3. The van der Waals surface area contributed by atoms with E-state index in [1.165, 1.54) is 0 Å². The largest absolute Gasteiger partial charge is 0.339 e. The first-order valence-corrected chi connectivity index (χ1v) is 8.44. The average Bonchev–Trinajstić information content (AvgIpc) is 2.92. The molecule has 0 aliphatic rings. The van der Waals surface area contributed by atoms with Crippen LogP contribution in [0.5, 0.6) is 0 Å². The van der Waals surface area contributed by atoms with Crippen LogP contribution in [0.3, 0.4) is 0 Å². The normalized spacial score (nSPS) is 11.5. The van der Waals surface area contributed by atoms with E-state index in [-0.39, 0.29) is 11.3 Å². The van der Waals surface area contributed by atoms with Gasteiger partial charge in [0.25, 0.3) is 0 Å². The third-order valence-corrected chi connectivity index (χ3v) is 3.59. The van der Waals surface area contributed by atoms with Gasteiger partial charge in [-0.2, -0.15) is 4.98 Å². The zero-order chi connectivity index (χ0) is 17.6. The molecule has 2 aromatic rings. The van der Waals surface area contributed by atoms with Crippen molar-refractivity contribution in [3.8, 4) is 0 Å². The zero-order valence-electron chi connectivity index (χ0n) is 15.1. The van der Waals surface area contributed by atoms with Crippen LogP contribution < -0.4 is 0 Å². The maximum Gasteiger partial charge on any atom is 0.226 e. The summed E-state index contributed by atoms with van der Waals surface area (Å²) < 4.78 is 5.10. The Labute approximate surface area is 144 Å². The molecule has 0 saturated heterocycles. The van der Waals surface area contributed by atoms with E-state index in [2.05, 4.69) is 43.0 Å². The molecular formula is C19H27N3O2. The quantitative estimate of drug-likeness (QED) is 0.776. The Kier molecular flexibility index (Phi) is 6.12. The van der Waals surface area contributed by atoms with Crippen molar-refractivity contribution in [1.29, 1.82) is 0 Å². The number of carbonyl (C=O) groups is 1. The van der Waals surface area contributed by atoms with Gasteiger partial charge in [-0.05, 0) is 24.3 Å². The van der Waals surface area contributed by atoms with Gasteiger partial charge in [-0.25, -0.2) is 0 Å². The van der Waals surface area contributed by atoms with Crippen LogP contribution in [-0.2, 0) is 17.8 Å². The molecule has 0 fully saturated rings. The van der Waals surface area contributed by atoms with Crippen LogP contribution in [-0.4, -0.2) is 27.5 Å². The molecule has 1 heterocycles. The number of aryl methyl sites for hydroxylation is 2. The van der Waals surface area contributed by atoms with Gasteiger partial charge in [-0.1, -0.05) is 56.3 Å². The van der Waals surface area contributed by atoms with Gasteiger partial charge in [0, 0.05) is 25.9 Å². The predicted octanol–water partition coefficient (Wildman–Crippen LogP) is 3.78. The molecule has 1 aromatic carbocycles. The summed E-state index contributed by atoms with van der Waals surface area (Å²) >= 11 is 0. The summed E-state index contributed by atoms with van der Waals surface area (Å²) in [7, 11) is 0. The van der Waals surface area contributed by atoms with Crippen LogP contribution >= 0.6 is 0 Å². The predicted molar refractivity (Wildman–Crippen MR) is 93.3 cm³/mol. The Morgan fingerprint density at radius 3 is 2.50 bits per heavy atom. The maximum absolute atomic E-state index is 12.7. The monoisotopic (exact) mass is 329 g/mol. The molecule has 0 N–H and O–H groups in total. The van der Waals surface area contributed by atoms with Crippen molar-refractivity contribution < 1.29 is 9.32 Å². The lowest BCUT2D eigenvalue weighted by atomic mass is 9.95. The zero-order valence-corrected chi connectivity index (χ0v) is 15.1. The topological polar surface area (TPSA) is 59.2 Å². The molecule has 130 valence electrons. The van der Waals surface area contributed by atoms with Gasteiger partial charge >= 0.3 is 0 Å². The Balaban J connectivity index is 1.93. The highest BCUT2D eigenvalue weighted by Gasteiger charge is 2.21. The van der Waals surface area contributed by atoms with E-state index in [0.29, 0.717) is 31.1 Å². The van der Waals surface area contributed by atoms with Crippen LogP contribution in [0.2, 0.25) is 0 Å². The van der Waals surface area contributed by atoms with E-state index >= 15 is 0 Å². The Bertz CT molecular complexity index is 644. The summed E-state index contributed by atoms with van der Waals surface area (Å²) in [6.45, 7) is 9.64. The molecule has 1 aromatic heterocycles. The van der Waals surface area contributed by atoms with E-state index < -0.39 is 0 Å². The van der Waals surface area contributed by atoms with Crippen molar-refractivity contribution in [2.75, 3.05) is 6.54 Å². The van der Waals surface area contributed by atoms with Crippen molar-refractivity contribution in [1.82, 2.24) is 15.0 Å². The summed E-state index contributed by atoms with van der Waals surface area (Å²) in [5, 5.41) is 3.77. The fraction of sp³-hybridized carbons (Fsp3) is 0.526. The molecule has 2 rings (SSSR count). The Morgan fingerprint density at radius 2 is 1.92 bits per heavy atom. The molecule has 0 unspecified atom stereocenters. The van der Waals surface area contributed by atoms with E-state index in [1.54, 1.807) is 6.92 Å². The number of aromatic nitrogens is 2. The van der Waals surface area contributed by atoms with Crippen LogP contribution in [0.15, 0.2) is 34.9 Å². The van der Waals surface area contributed by atoms with E-state index in [4.69, 9.17) is 4.52 Å². The second kappa shape index (κ2) is 8.08. The SMILES string of the molecule is Cc1noc(CCCC(=O)N(Cc2ccccc2)CC(C)(C)C)n1. The number of hydrogen-bond acceptors (Lipinski definition) is 4. The van der Waals surface area contributed by atoms with Crippen LogP contribution in [0.25, 0.3) is 0 Å². The number of benzene rings is 1. The molecule has 5 heteroatoms. The standard InChI is InChI=1S/C19H27N3O2/c1-15-20-17(24-21-15)11-8-12-18(23)22(14-19(2,3)4)13-16-9-6-5-7-10-16/h5-7,9-10H,8,11-14H2,1-4H3. The van der Waals surface area contributed by atoms with Crippen LogP contribution in [0.1, 0.15) is 50.9 Å². The molecule has 0 bridgehead atoms. The van der Waals surface area contributed by atoms with Crippen molar-refractivity contribution in [3.63, 3.8) is 0 Å². The van der Waals surface area contributed by atoms with Crippen LogP contribution in [0, 0.1) is 12.3 Å². The minimum Gasteiger partial charge on any atom is -0.339 e. The van der Waals surface area contributed by atoms with Gasteiger partial charge in [-0.3, -0.25) is 4.79 Å². The highest BCUT2D eigenvalue weighted by Crippen LogP contribution is 2.18. The highest BCUT2D eigenvalue weighted by atomic mass is 16.5. The van der Waals surface area contributed by atoms with Gasteiger partial charge in [0.2, 0.25) is 11.8 Å². The lowest BCUT2D eigenvalue weighted by Gasteiger charge is -2.30. The molecule has 0 spiro atoms. The van der Waals surface area contributed by atoms with E-state index in [9.17, 15) is 4.79 Å². The Morgan fingerprint density at radius 1 is 1.21 bits per heavy atom. The van der Waals surface area contributed by atoms with Gasteiger partial charge < -0.3 is 9.42 Å². The molecule has 0 atom stereocenters.